The van der Waals surface area contributed by atoms with Crippen LogP contribution in [0.15, 0.2) is 6.07 Å². The minimum absolute atomic E-state index is 0.314. The molecule has 1 nitrogen and oxygen atoms in total. The molecule has 1 aliphatic heterocycles. The molecular formula is C12H14OS2. The van der Waals surface area contributed by atoms with Crippen LogP contribution < -0.4 is 0 Å². The van der Waals surface area contributed by atoms with Crippen LogP contribution in [-0.2, 0) is 12.8 Å². The predicted molar refractivity (Wildman–Crippen MR) is 66.1 cm³/mol. The fourth-order valence-corrected chi connectivity index (χ4v) is 4.89. The van der Waals surface area contributed by atoms with Crippen LogP contribution in [0.25, 0.3) is 0 Å². The minimum Gasteiger partial charge on any atom is -0.293 e. The molecule has 0 amide bonds. The van der Waals surface area contributed by atoms with Crippen LogP contribution in [0.1, 0.15) is 33.0 Å². The molecule has 3 rings (SSSR count). The molecule has 1 aromatic heterocycles. The van der Waals surface area contributed by atoms with Gasteiger partial charge in [0.25, 0.3) is 0 Å². The Labute approximate surface area is 98.3 Å². The van der Waals surface area contributed by atoms with Crippen molar-refractivity contribution in [2.24, 2.45) is 5.92 Å². The summed E-state index contributed by atoms with van der Waals surface area (Å²) in [5, 5.41) is 0. The van der Waals surface area contributed by atoms with Crippen molar-refractivity contribution in [3.8, 4) is 0 Å². The molecule has 0 saturated carbocycles. The van der Waals surface area contributed by atoms with Crippen LogP contribution in [-0.4, -0.2) is 17.3 Å². The number of rotatable bonds is 2. The molecule has 15 heavy (non-hydrogen) atoms. The van der Waals surface area contributed by atoms with E-state index in [-0.39, 0.29) is 0 Å². The highest BCUT2D eigenvalue weighted by Gasteiger charge is 2.27. The topological polar surface area (TPSA) is 17.1 Å². The molecule has 2 aliphatic rings. The highest BCUT2D eigenvalue weighted by Crippen LogP contribution is 2.34. The number of ketones is 1. The first kappa shape index (κ1) is 9.91. The van der Waals surface area contributed by atoms with Gasteiger partial charge < -0.3 is 0 Å². The van der Waals surface area contributed by atoms with Crippen LogP contribution in [0.5, 0.6) is 0 Å². The van der Waals surface area contributed by atoms with Gasteiger partial charge >= 0.3 is 0 Å². The number of carbonyl (C=O) groups is 1. The molecule has 0 aromatic carbocycles. The molecule has 3 heteroatoms. The van der Waals surface area contributed by atoms with E-state index >= 15 is 0 Å². The standard InChI is InChI=1S/C12H14OS2/c13-12(9-4-5-14-7-9)11-6-8-2-1-3-10(8)15-11/h6,9H,1-5,7H2. The smallest absolute Gasteiger partial charge is 0.176 e. The van der Waals surface area contributed by atoms with Crippen molar-refractivity contribution >= 4 is 28.9 Å². The summed E-state index contributed by atoms with van der Waals surface area (Å²) in [5.41, 5.74) is 1.45. The van der Waals surface area contributed by atoms with E-state index in [9.17, 15) is 4.79 Å². The molecule has 2 heterocycles. The van der Waals surface area contributed by atoms with Gasteiger partial charge in [0.05, 0.1) is 4.88 Å². The fourth-order valence-electron chi connectivity index (χ4n) is 2.39. The highest BCUT2D eigenvalue weighted by atomic mass is 32.2. The summed E-state index contributed by atoms with van der Waals surface area (Å²) in [5.74, 6) is 2.94. The first-order chi connectivity index (χ1) is 7.34. The number of Topliss-reactive ketones (excluding diaryl/α,β-unsaturated/α-hetero) is 1. The van der Waals surface area contributed by atoms with Crippen LogP contribution in [0.2, 0.25) is 0 Å². The zero-order valence-electron chi connectivity index (χ0n) is 8.62. The zero-order valence-corrected chi connectivity index (χ0v) is 10.3. The third-order valence-electron chi connectivity index (χ3n) is 3.29. The number of hydrogen-bond acceptors (Lipinski definition) is 3. The molecule has 1 unspecified atom stereocenters. The van der Waals surface area contributed by atoms with E-state index in [0.717, 1.165) is 17.1 Å². The van der Waals surface area contributed by atoms with Gasteiger partial charge in [-0.15, -0.1) is 11.3 Å². The summed E-state index contributed by atoms with van der Waals surface area (Å²) >= 11 is 3.68. The van der Waals surface area contributed by atoms with Gasteiger partial charge in [-0.1, -0.05) is 0 Å². The quantitative estimate of drug-likeness (QED) is 0.736. The van der Waals surface area contributed by atoms with Crippen molar-refractivity contribution in [2.45, 2.75) is 25.7 Å². The van der Waals surface area contributed by atoms with E-state index in [1.54, 1.807) is 11.3 Å². The van der Waals surface area contributed by atoms with Gasteiger partial charge in [-0.3, -0.25) is 4.79 Å². The summed E-state index contributed by atoms with van der Waals surface area (Å²) in [4.78, 5) is 14.7. The summed E-state index contributed by atoms with van der Waals surface area (Å²) in [6, 6.07) is 2.16. The maximum atomic E-state index is 12.1. The fraction of sp³-hybridized carbons (Fsp3) is 0.583. The van der Waals surface area contributed by atoms with E-state index in [1.165, 1.54) is 35.5 Å². The summed E-state index contributed by atoms with van der Waals surface area (Å²) < 4.78 is 0. The first-order valence-corrected chi connectivity index (χ1v) is 7.55. The lowest BCUT2D eigenvalue weighted by molar-refractivity contribution is 0.0938. The average molecular weight is 238 g/mol. The summed E-state index contributed by atoms with van der Waals surface area (Å²) in [6.07, 6.45) is 4.77. The minimum atomic E-state index is 0.314. The third kappa shape index (κ3) is 1.76. The molecule has 1 atom stereocenters. The van der Waals surface area contributed by atoms with E-state index in [2.05, 4.69) is 6.07 Å². The Hall–Kier alpha value is -0.280. The Morgan fingerprint density at radius 1 is 1.40 bits per heavy atom. The van der Waals surface area contributed by atoms with Gasteiger partial charge in [-0.25, -0.2) is 0 Å². The molecule has 1 saturated heterocycles. The lowest BCUT2D eigenvalue weighted by Gasteiger charge is -2.03. The monoisotopic (exact) mass is 238 g/mol. The SMILES string of the molecule is O=C(c1cc2c(s1)CCC2)C1CCSC1. The Bertz CT molecular complexity index is 367. The van der Waals surface area contributed by atoms with Crippen molar-refractivity contribution < 1.29 is 4.79 Å². The van der Waals surface area contributed by atoms with Crippen molar-refractivity contribution in [1.29, 1.82) is 0 Å². The van der Waals surface area contributed by atoms with Crippen molar-refractivity contribution in [3.05, 3.63) is 21.4 Å². The molecule has 1 aliphatic carbocycles. The Morgan fingerprint density at radius 2 is 2.33 bits per heavy atom. The summed E-state index contributed by atoms with van der Waals surface area (Å²) in [7, 11) is 0. The van der Waals surface area contributed by atoms with E-state index in [4.69, 9.17) is 0 Å². The number of thioether (sulfide) groups is 1. The molecule has 0 radical (unpaired) electrons. The maximum Gasteiger partial charge on any atom is 0.176 e. The van der Waals surface area contributed by atoms with Gasteiger partial charge in [0.2, 0.25) is 0 Å². The van der Waals surface area contributed by atoms with Crippen molar-refractivity contribution in [2.75, 3.05) is 11.5 Å². The molecule has 0 N–H and O–H groups in total. The maximum absolute atomic E-state index is 12.1. The molecule has 80 valence electrons. The molecule has 0 spiro atoms. The van der Waals surface area contributed by atoms with Gasteiger partial charge in [-0.2, -0.15) is 11.8 Å². The van der Waals surface area contributed by atoms with Crippen LogP contribution in [0, 0.1) is 5.92 Å². The van der Waals surface area contributed by atoms with Gasteiger partial charge in [-0.05, 0) is 43.1 Å². The first-order valence-electron chi connectivity index (χ1n) is 5.58. The van der Waals surface area contributed by atoms with Gasteiger partial charge in [0.15, 0.2) is 5.78 Å². The Kier molecular flexibility index (Phi) is 2.61. The lowest BCUT2D eigenvalue weighted by Crippen LogP contribution is -2.12. The third-order valence-corrected chi connectivity index (χ3v) is 5.70. The normalized spacial score (nSPS) is 24.4. The second kappa shape index (κ2) is 3.95. The van der Waals surface area contributed by atoms with Crippen LogP contribution >= 0.6 is 23.1 Å². The second-order valence-electron chi connectivity index (χ2n) is 4.34. The largest absolute Gasteiger partial charge is 0.293 e. The van der Waals surface area contributed by atoms with Gasteiger partial charge in [0, 0.05) is 16.5 Å². The van der Waals surface area contributed by atoms with Gasteiger partial charge in [0.1, 0.15) is 0 Å². The van der Waals surface area contributed by atoms with E-state index in [0.29, 0.717) is 11.7 Å². The van der Waals surface area contributed by atoms with E-state index in [1.807, 2.05) is 11.8 Å². The predicted octanol–water partition coefficient (Wildman–Crippen LogP) is 3.17. The summed E-state index contributed by atoms with van der Waals surface area (Å²) in [6.45, 7) is 0. The highest BCUT2D eigenvalue weighted by molar-refractivity contribution is 7.99. The lowest BCUT2D eigenvalue weighted by atomic mass is 10.0. The van der Waals surface area contributed by atoms with Crippen LogP contribution in [0.3, 0.4) is 0 Å². The van der Waals surface area contributed by atoms with Crippen molar-refractivity contribution in [3.63, 3.8) is 0 Å². The zero-order chi connectivity index (χ0) is 10.3. The van der Waals surface area contributed by atoms with E-state index < -0.39 is 0 Å². The molecule has 1 fully saturated rings. The number of aryl methyl sites for hydroxylation is 2. The Balaban J connectivity index is 1.83. The second-order valence-corrected chi connectivity index (χ2v) is 6.62. The molecule has 1 aromatic rings. The number of thiophene rings is 1. The number of hydrogen-bond donors (Lipinski definition) is 0. The number of carbonyl (C=O) groups excluding carboxylic acids is 1. The molecule has 0 bridgehead atoms. The molecular weight excluding hydrogens is 224 g/mol. The van der Waals surface area contributed by atoms with Crippen LogP contribution in [0.4, 0.5) is 0 Å². The average Bonchev–Trinajstić information content (AvgIpc) is 2.92. The van der Waals surface area contributed by atoms with Crippen molar-refractivity contribution in [1.82, 2.24) is 0 Å². The number of fused-ring (bicyclic) bond motifs is 1. The Morgan fingerprint density at radius 3 is 3.07 bits per heavy atom.